The van der Waals surface area contributed by atoms with Gasteiger partial charge in [-0.25, -0.2) is 9.97 Å². The van der Waals surface area contributed by atoms with Gasteiger partial charge < -0.3 is 0 Å². The fraction of sp³-hybridized carbons (Fsp3) is 0.300. The quantitative estimate of drug-likeness (QED) is 0.649. The SMILES string of the molecule is O=C1C=C(c2cncnc2)CCC1. The minimum absolute atomic E-state index is 0.213. The van der Waals surface area contributed by atoms with Crippen LogP contribution in [-0.2, 0) is 4.79 Å². The molecule has 0 saturated heterocycles. The number of rotatable bonds is 1. The van der Waals surface area contributed by atoms with Crippen LogP contribution >= 0.6 is 0 Å². The van der Waals surface area contributed by atoms with E-state index in [2.05, 4.69) is 9.97 Å². The molecule has 0 amide bonds. The zero-order valence-electron chi connectivity index (χ0n) is 7.23. The second-order valence-electron chi connectivity index (χ2n) is 3.12. The highest BCUT2D eigenvalue weighted by Crippen LogP contribution is 2.23. The summed E-state index contributed by atoms with van der Waals surface area (Å²) in [4.78, 5) is 19.0. The number of carbonyl (C=O) groups excluding carboxylic acids is 1. The van der Waals surface area contributed by atoms with Gasteiger partial charge in [-0.3, -0.25) is 4.79 Å². The molecule has 0 aromatic carbocycles. The first-order valence-corrected chi connectivity index (χ1v) is 4.35. The number of nitrogens with zero attached hydrogens (tertiary/aromatic N) is 2. The van der Waals surface area contributed by atoms with Crippen molar-refractivity contribution in [1.82, 2.24) is 9.97 Å². The Balaban J connectivity index is 2.31. The van der Waals surface area contributed by atoms with E-state index in [-0.39, 0.29) is 5.78 Å². The van der Waals surface area contributed by atoms with Crippen LogP contribution in [0.4, 0.5) is 0 Å². The van der Waals surface area contributed by atoms with Crippen molar-refractivity contribution in [2.24, 2.45) is 0 Å². The van der Waals surface area contributed by atoms with Gasteiger partial charge in [0.2, 0.25) is 0 Å². The molecule has 3 heteroatoms. The summed E-state index contributed by atoms with van der Waals surface area (Å²) < 4.78 is 0. The highest BCUT2D eigenvalue weighted by Gasteiger charge is 2.11. The van der Waals surface area contributed by atoms with E-state index in [0.717, 1.165) is 24.0 Å². The molecule has 0 bridgehead atoms. The van der Waals surface area contributed by atoms with Crippen molar-refractivity contribution in [2.45, 2.75) is 19.3 Å². The van der Waals surface area contributed by atoms with Crippen molar-refractivity contribution in [3.8, 4) is 0 Å². The van der Waals surface area contributed by atoms with E-state index in [9.17, 15) is 4.79 Å². The fourth-order valence-corrected chi connectivity index (χ4v) is 1.48. The van der Waals surface area contributed by atoms with Gasteiger partial charge >= 0.3 is 0 Å². The molecule has 0 aliphatic heterocycles. The second-order valence-corrected chi connectivity index (χ2v) is 3.12. The van der Waals surface area contributed by atoms with Crippen LogP contribution < -0.4 is 0 Å². The highest BCUT2D eigenvalue weighted by atomic mass is 16.1. The molecule has 0 unspecified atom stereocenters. The molecular formula is C10H10N2O. The van der Waals surface area contributed by atoms with Crippen LogP contribution in [0.3, 0.4) is 0 Å². The Bertz CT molecular complexity index is 343. The standard InChI is InChI=1S/C10H10N2O/c13-10-3-1-2-8(4-10)9-5-11-7-12-6-9/h4-7H,1-3H2. The lowest BCUT2D eigenvalue weighted by molar-refractivity contribution is -0.114. The Morgan fingerprint density at radius 2 is 1.92 bits per heavy atom. The van der Waals surface area contributed by atoms with Crippen LogP contribution in [0.1, 0.15) is 24.8 Å². The lowest BCUT2D eigenvalue weighted by Crippen LogP contribution is -2.02. The number of carbonyl (C=O) groups is 1. The zero-order valence-corrected chi connectivity index (χ0v) is 7.23. The Hall–Kier alpha value is -1.51. The van der Waals surface area contributed by atoms with Gasteiger partial charge in [0.25, 0.3) is 0 Å². The molecule has 2 rings (SSSR count). The number of allylic oxidation sites excluding steroid dienone is 2. The highest BCUT2D eigenvalue weighted by molar-refractivity contribution is 5.98. The van der Waals surface area contributed by atoms with Crippen molar-refractivity contribution in [3.05, 3.63) is 30.4 Å². The van der Waals surface area contributed by atoms with Crippen molar-refractivity contribution in [3.63, 3.8) is 0 Å². The van der Waals surface area contributed by atoms with Gasteiger partial charge in [-0.1, -0.05) is 0 Å². The summed E-state index contributed by atoms with van der Waals surface area (Å²) in [6.45, 7) is 0. The minimum atomic E-state index is 0.213. The van der Waals surface area contributed by atoms with Crippen molar-refractivity contribution < 1.29 is 4.79 Å². The van der Waals surface area contributed by atoms with Crippen molar-refractivity contribution >= 4 is 11.4 Å². The first-order valence-electron chi connectivity index (χ1n) is 4.35. The molecule has 3 nitrogen and oxygen atoms in total. The molecule has 0 fully saturated rings. The average molecular weight is 174 g/mol. The van der Waals surface area contributed by atoms with Crippen LogP contribution in [0.15, 0.2) is 24.8 Å². The molecule has 13 heavy (non-hydrogen) atoms. The van der Waals surface area contributed by atoms with Crippen LogP contribution in [-0.4, -0.2) is 15.8 Å². The maximum atomic E-state index is 11.1. The summed E-state index contributed by atoms with van der Waals surface area (Å²) in [6.07, 6.45) is 9.28. The monoisotopic (exact) mass is 174 g/mol. The Morgan fingerprint density at radius 3 is 2.62 bits per heavy atom. The molecule has 1 heterocycles. The van der Waals surface area contributed by atoms with Gasteiger partial charge in [0.1, 0.15) is 6.33 Å². The second kappa shape index (κ2) is 3.47. The van der Waals surface area contributed by atoms with E-state index in [0.29, 0.717) is 6.42 Å². The van der Waals surface area contributed by atoms with Crippen molar-refractivity contribution in [1.29, 1.82) is 0 Å². The third-order valence-corrected chi connectivity index (χ3v) is 2.14. The third-order valence-electron chi connectivity index (χ3n) is 2.14. The van der Waals surface area contributed by atoms with E-state index in [1.165, 1.54) is 6.33 Å². The average Bonchev–Trinajstić information content (AvgIpc) is 2.19. The normalized spacial score (nSPS) is 16.9. The van der Waals surface area contributed by atoms with Crippen LogP contribution in [0.25, 0.3) is 5.57 Å². The number of aromatic nitrogens is 2. The fourth-order valence-electron chi connectivity index (χ4n) is 1.48. The lowest BCUT2D eigenvalue weighted by atomic mass is 9.95. The number of hydrogen-bond donors (Lipinski definition) is 0. The smallest absolute Gasteiger partial charge is 0.155 e. The molecule has 1 aliphatic rings. The van der Waals surface area contributed by atoms with E-state index >= 15 is 0 Å². The summed E-state index contributed by atoms with van der Waals surface area (Å²) in [5, 5.41) is 0. The minimum Gasteiger partial charge on any atom is -0.295 e. The Morgan fingerprint density at radius 1 is 1.15 bits per heavy atom. The Labute approximate surface area is 76.5 Å². The molecule has 0 saturated carbocycles. The molecular weight excluding hydrogens is 164 g/mol. The van der Waals surface area contributed by atoms with E-state index in [1.54, 1.807) is 18.5 Å². The van der Waals surface area contributed by atoms with Gasteiger partial charge in [-0.2, -0.15) is 0 Å². The van der Waals surface area contributed by atoms with Gasteiger partial charge in [0, 0.05) is 24.4 Å². The summed E-state index contributed by atoms with van der Waals surface area (Å²) in [6, 6.07) is 0. The molecule has 66 valence electrons. The molecule has 1 aromatic rings. The van der Waals surface area contributed by atoms with Crippen LogP contribution in [0, 0.1) is 0 Å². The largest absolute Gasteiger partial charge is 0.295 e. The first kappa shape index (κ1) is 8.10. The van der Waals surface area contributed by atoms with Gasteiger partial charge in [0.05, 0.1) is 0 Å². The summed E-state index contributed by atoms with van der Waals surface area (Å²) in [5.41, 5.74) is 2.03. The summed E-state index contributed by atoms with van der Waals surface area (Å²) in [7, 11) is 0. The molecule has 1 aromatic heterocycles. The van der Waals surface area contributed by atoms with Gasteiger partial charge in [-0.15, -0.1) is 0 Å². The summed E-state index contributed by atoms with van der Waals surface area (Å²) in [5.74, 6) is 0.213. The maximum absolute atomic E-state index is 11.1. The van der Waals surface area contributed by atoms with Gasteiger partial charge in [-0.05, 0) is 24.5 Å². The maximum Gasteiger partial charge on any atom is 0.155 e. The molecule has 0 N–H and O–H groups in total. The van der Waals surface area contributed by atoms with Gasteiger partial charge in [0.15, 0.2) is 5.78 Å². The predicted molar refractivity (Wildman–Crippen MR) is 48.9 cm³/mol. The van der Waals surface area contributed by atoms with Crippen LogP contribution in [0.5, 0.6) is 0 Å². The first-order chi connectivity index (χ1) is 6.36. The third kappa shape index (κ3) is 1.80. The van der Waals surface area contributed by atoms with Crippen LogP contribution in [0.2, 0.25) is 0 Å². The Kier molecular flexibility index (Phi) is 2.17. The zero-order chi connectivity index (χ0) is 9.10. The lowest BCUT2D eigenvalue weighted by Gasteiger charge is -2.10. The van der Waals surface area contributed by atoms with E-state index in [1.807, 2.05) is 0 Å². The topological polar surface area (TPSA) is 42.9 Å². The molecule has 0 radical (unpaired) electrons. The number of ketones is 1. The summed E-state index contributed by atoms with van der Waals surface area (Å²) >= 11 is 0. The predicted octanol–water partition coefficient (Wildman–Crippen LogP) is 1.61. The molecule has 1 aliphatic carbocycles. The molecule has 0 atom stereocenters. The van der Waals surface area contributed by atoms with E-state index in [4.69, 9.17) is 0 Å². The molecule has 0 spiro atoms. The van der Waals surface area contributed by atoms with Crippen molar-refractivity contribution in [2.75, 3.05) is 0 Å². The van der Waals surface area contributed by atoms with E-state index < -0.39 is 0 Å². The number of hydrogen-bond acceptors (Lipinski definition) is 3.